The molecule has 0 bridgehead atoms. The average molecular weight is 248 g/mol. The van der Waals surface area contributed by atoms with Crippen molar-refractivity contribution in [2.75, 3.05) is 33.8 Å². The number of ether oxygens (including phenoxy) is 1. The zero-order valence-electron chi connectivity index (χ0n) is 11.9. The smallest absolute Gasteiger partial charge is 0.0896 e. The van der Waals surface area contributed by atoms with Crippen LogP contribution in [0.15, 0.2) is 18.2 Å². The van der Waals surface area contributed by atoms with Crippen molar-refractivity contribution in [3.8, 4) is 0 Å². The largest absolute Gasteiger partial charge is 0.374 e. The molecular formula is C15H24N2O. The predicted octanol–water partition coefficient (Wildman–Crippen LogP) is 1.89. The van der Waals surface area contributed by atoms with Gasteiger partial charge in [-0.05, 0) is 39.1 Å². The molecule has 3 nitrogen and oxygen atoms in total. The summed E-state index contributed by atoms with van der Waals surface area (Å²) in [5, 5.41) is 3.42. The lowest BCUT2D eigenvalue weighted by Gasteiger charge is -2.35. The molecule has 1 saturated heterocycles. The van der Waals surface area contributed by atoms with Crippen LogP contribution in [0.5, 0.6) is 0 Å². The Hall–Kier alpha value is -0.900. The number of likely N-dealkylation sites (N-methyl/N-ethyl adjacent to an activating group) is 2. The van der Waals surface area contributed by atoms with E-state index < -0.39 is 0 Å². The minimum atomic E-state index is 0.232. The molecule has 1 N–H and O–H groups in total. The lowest BCUT2D eigenvalue weighted by atomic mass is 9.95. The molecule has 0 spiro atoms. The summed E-state index contributed by atoms with van der Waals surface area (Å²) in [6.45, 7) is 7.15. The molecule has 1 aromatic carbocycles. The van der Waals surface area contributed by atoms with Crippen molar-refractivity contribution < 1.29 is 4.74 Å². The van der Waals surface area contributed by atoms with Crippen molar-refractivity contribution in [1.29, 1.82) is 0 Å². The van der Waals surface area contributed by atoms with E-state index in [0.717, 1.165) is 19.7 Å². The molecule has 100 valence electrons. The second kappa shape index (κ2) is 5.83. The third-order valence-corrected chi connectivity index (χ3v) is 3.74. The molecule has 0 aromatic heterocycles. The number of hydrogen-bond acceptors (Lipinski definition) is 3. The molecule has 1 fully saturated rings. The first-order chi connectivity index (χ1) is 8.61. The van der Waals surface area contributed by atoms with Crippen molar-refractivity contribution in [3.05, 3.63) is 34.9 Å². The maximum atomic E-state index is 5.94. The van der Waals surface area contributed by atoms with Crippen molar-refractivity contribution in [2.24, 2.45) is 0 Å². The van der Waals surface area contributed by atoms with Gasteiger partial charge in [0, 0.05) is 13.1 Å². The molecule has 18 heavy (non-hydrogen) atoms. The molecule has 1 aliphatic heterocycles. The number of hydrogen-bond donors (Lipinski definition) is 1. The lowest BCUT2D eigenvalue weighted by molar-refractivity contribution is -0.0381. The number of rotatable bonds is 3. The molecule has 1 heterocycles. The summed E-state index contributed by atoms with van der Waals surface area (Å²) < 4.78 is 5.94. The monoisotopic (exact) mass is 248 g/mol. The fourth-order valence-corrected chi connectivity index (χ4v) is 2.73. The van der Waals surface area contributed by atoms with Gasteiger partial charge >= 0.3 is 0 Å². The van der Waals surface area contributed by atoms with Crippen LogP contribution in [0.2, 0.25) is 0 Å². The average Bonchev–Trinajstić information content (AvgIpc) is 2.33. The fourth-order valence-electron chi connectivity index (χ4n) is 2.73. The first-order valence-electron chi connectivity index (χ1n) is 6.66. The third-order valence-electron chi connectivity index (χ3n) is 3.74. The van der Waals surface area contributed by atoms with Gasteiger partial charge in [0.05, 0.1) is 18.8 Å². The summed E-state index contributed by atoms with van der Waals surface area (Å²) in [7, 11) is 4.17. The van der Waals surface area contributed by atoms with Gasteiger partial charge in [-0.15, -0.1) is 0 Å². The maximum Gasteiger partial charge on any atom is 0.0896 e. The highest BCUT2D eigenvalue weighted by Crippen LogP contribution is 2.25. The highest BCUT2D eigenvalue weighted by atomic mass is 16.5. The summed E-state index contributed by atoms with van der Waals surface area (Å²) in [6.07, 6.45) is 0.232. The summed E-state index contributed by atoms with van der Waals surface area (Å²) in [6, 6.07) is 6.92. The van der Waals surface area contributed by atoms with E-state index in [1.165, 1.54) is 16.7 Å². The lowest BCUT2D eigenvalue weighted by Crippen LogP contribution is -2.46. The van der Waals surface area contributed by atoms with Gasteiger partial charge < -0.3 is 15.0 Å². The fraction of sp³-hybridized carbons (Fsp3) is 0.600. The van der Waals surface area contributed by atoms with Gasteiger partial charge in [-0.3, -0.25) is 0 Å². The molecule has 0 saturated carbocycles. The Morgan fingerprint density at radius 2 is 2.17 bits per heavy atom. The van der Waals surface area contributed by atoms with Crippen molar-refractivity contribution >= 4 is 0 Å². The molecule has 0 amide bonds. The van der Waals surface area contributed by atoms with Crippen molar-refractivity contribution in [3.63, 3.8) is 0 Å². The SMILES string of the molecule is CNC(c1ccc(C)cc1C)C1CN(C)CCO1. The van der Waals surface area contributed by atoms with E-state index in [2.05, 4.69) is 49.3 Å². The Balaban J connectivity index is 2.21. The molecule has 2 atom stereocenters. The van der Waals surface area contributed by atoms with Gasteiger partial charge in [0.25, 0.3) is 0 Å². The third kappa shape index (κ3) is 2.91. The number of morpholine rings is 1. The normalized spacial score (nSPS) is 23.0. The predicted molar refractivity (Wildman–Crippen MR) is 75.0 cm³/mol. The number of nitrogens with zero attached hydrogens (tertiary/aromatic N) is 1. The van der Waals surface area contributed by atoms with Gasteiger partial charge in [0.15, 0.2) is 0 Å². The second-order valence-corrected chi connectivity index (χ2v) is 5.30. The van der Waals surface area contributed by atoms with Crippen LogP contribution in [-0.4, -0.2) is 44.8 Å². The van der Waals surface area contributed by atoms with Gasteiger partial charge in [-0.1, -0.05) is 23.8 Å². The van der Waals surface area contributed by atoms with E-state index in [0.29, 0.717) is 0 Å². The van der Waals surface area contributed by atoms with Crippen LogP contribution < -0.4 is 5.32 Å². The number of aryl methyl sites for hydroxylation is 2. The first kappa shape index (κ1) is 13.5. The summed E-state index contributed by atoms with van der Waals surface area (Å²) in [4.78, 5) is 2.34. The zero-order chi connectivity index (χ0) is 13.1. The van der Waals surface area contributed by atoms with E-state index >= 15 is 0 Å². The van der Waals surface area contributed by atoms with Crippen LogP contribution in [0, 0.1) is 13.8 Å². The Morgan fingerprint density at radius 1 is 1.39 bits per heavy atom. The molecule has 0 radical (unpaired) electrons. The van der Waals surface area contributed by atoms with Crippen LogP contribution in [-0.2, 0) is 4.74 Å². The molecule has 1 aliphatic rings. The van der Waals surface area contributed by atoms with Gasteiger partial charge in [0.2, 0.25) is 0 Å². The van der Waals surface area contributed by atoms with Crippen LogP contribution in [0.25, 0.3) is 0 Å². The molecule has 2 unspecified atom stereocenters. The zero-order valence-corrected chi connectivity index (χ0v) is 11.9. The van der Waals surface area contributed by atoms with Gasteiger partial charge in [-0.25, -0.2) is 0 Å². The van der Waals surface area contributed by atoms with Crippen LogP contribution >= 0.6 is 0 Å². The number of nitrogens with one attached hydrogen (secondary N) is 1. The topological polar surface area (TPSA) is 24.5 Å². The van der Waals surface area contributed by atoms with Gasteiger partial charge in [0.1, 0.15) is 0 Å². The minimum Gasteiger partial charge on any atom is -0.374 e. The van der Waals surface area contributed by atoms with Gasteiger partial charge in [-0.2, -0.15) is 0 Å². The first-order valence-corrected chi connectivity index (χ1v) is 6.66. The van der Waals surface area contributed by atoms with Crippen LogP contribution in [0.1, 0.15) is 22.7 Å². The Morgan fingerprint density at radius 3 is 2.78 bits per heavy atom. The summed E-state index contributed by atoms with van der Waals surface area (Å²) >= 11 is 0. The van der Waals surface area contributed by atoms with Crippen LogP contribution in [0.3, 0.4) is 0 Å². The summed E-state index contributed by atoms with van der Waals surface area (Å²) in [5.74, 6) is 0. The van der Waals surface area contributed by atoms with E-state index in [1.807, 2.05) is 7.05 Å². The Labute approximate surface area is 110 Å². The van der Waals surface area contributed by atoms with Crippen molar-refractivity contribution in [2.45, 2.75) is 26.0 Å². The molecule has 3 heteroatoms. The minimum absolute atomic E-state index is 0.232. The standard InChI is InChI=1S/C15H24N2O/c1-11-5-6-13(12(2)9-11)15(16-3)14-10-17(4)7-8-18-14/h5-6,9,14-16H,7-8,10H2,1-4H3. The number of benzene rings is 1. The Bertz CT molecular complexity index is 405. The summed E-state index contributed by atoms with van der Waals surface area (Å²) in [5.41, 5.74) is 4.00. The van der Waals surface area contributed by atoms with E-state index in [-0.39, 0.29) is 12.1 Å². The highest BCUT2D eigenvalue weighted by molar-refractivity contribution is 5.33. The quantitative estimate of drug-likeness (QED) is 0.884. The molecule has 0 aliphatic carbocycles. The molecule has 1 aromatic rings. The highest BCUT2D eigenvalue weighted by Gasteiger charge is 2.27. The Kier molecular flexibility index (Phi) is 4.38. The van der Waals surface area contributed by atoms with E-state index in [9.17, 15) is 0 Å². The maximum absolute atomic E-state index is 5.94. The second-order valence-electron chi connectivity index (χ2n) is 5.30. The molecular weight excluding hydrogens is 224 g/mol. The van der Waals surface area contributed by atoms with E-state index in [1.54, 1.807) is 0 Å². The van der Waals surface area contributed by atoms with Crippen LogP contribution in [0.4, 0.5) is 0 Å². The van der Waals surface area contributed by atoms with Crippen molar-refractivity contribution in [1.82, 2.24) is 10.2 Å². The van der Waals surface area contributed by atoms with E-state index in [4.69, 9.17) is 4.74 Å². The molecule has 2 rings (SSSR count).